The van der Waals surface area contributed by atoms with Gasteiger partial charge in [0.2, 0.25) is 0 Å². The van der Waals surface area contributed by atoms with E-state index in [0.29, 0.717) is 5.92 Å². The van der Waals surface area contributed by atoms with Crippen molar-refractivity contribution in [3.05, 3.63) is 0 Å². The van der Waals surface area contributed by atoms with Gasteiger partial charge in [0.15, 0.2) is 0 Å². The van der Waals surface area contributed by atoms with Crippen molar-refractivity contribution in [2.45, 2.75) is 58.0 Å². The molecule has 0 aliphatic heterocycles. The number of aliphatic hydroxyl groups is 1. The van der Waals surface area contributed by atoms with Crippen LogP contribution in [0.25, 0.3) is 0 Å². The fraction of sp³-hybridized carbons (Fsp3) is 0.846. The molecular formula is C13H22O. The fourth-order valence-corrected chi connectivity index (χ4v) is 2.42. The first-order valence-electron chi connectivity index (χ1n) is 5.92. The van der Waals surface area contributed by atoms with Gasteiger partial charge < -0.3 is 5.11 Å². The highest BCUT2D eigenvalue weighted by atomic mass is 16.3. The molecule has 1 fully saturated rings. The third kappa shape index (κ3) is 3.35. The van der Waals surface area contributed by atoms with E-state index >= 15 is 0 Å². The first kappa shape index (κ1) is 11.6. The standard InChI is InChI=1S/C13H22O/c1-3-5-6-11-7-9-12(10-8-11)13(14)4-2/h2,11-14H,3,5-10H2,1H3. The number of rotatable bonds is 4. The van der Waals surface area contributed by atoms with Gasteiger partial charge in [0.05, 0.1) is 0 Å². The normalized spacial score (nSPS) is 29.5. The second-order valence-corrected chi connectivity index (χ2v) is 4.53. The SMILES string of the molecule is C#CC(O)C1CCC(CCCC)CC1. The molecule has 1 nitrogen and oxygen atoms in total. The predicted molar refractivity (Wildman–Crippen MR) is 59.8 cm³/mol. The Labute approximate surface area is 87.9 Å². The zero-order valence-corrected chi connectivity index (χ0v) is 9.21. The summed E-state index contributed by atoms with van der Waals surface area (Å²) in [6, 6.07) is 0. The van der Waals surface area contributed by atoms with Crippen LogP contribution < -0.4 is 0 Å². The summed E-state index contributed by atoms with van der Waals surface area (Å²) in [6.45, 7) is 2.24. The summed E-state index contributed by atoms with van der Waals surface area (Å²) in [5.74, 6) is 3.72. The number of hydrogen-bond donors (Lipinski definition) is 1. The molecule has 0 radical (unpaired) electrons. The van der Waals surface area contributed by atoms with E-state index in [1.807, 2.05) is 0 Å². The minimum atomic E-state index is -0.498. The zero-order chi connectivity index (χ0) is 10.4. The molecule has 0 aromatic heterocycles. The second-order valence-electron chi connectivity index (χ2n) is 4.53. The summed E-state index contributed by atoms with van der Waals surface area (Å²) in [4.78, 5) is 0. The Hall–Kier alpha value is -0.480. The third-order valence-electron chi connectivity index (χ3n) is 3.47. The van der Waals surface area contributed by atoms with Gasteiger partial charge in [-0.1, -0.05) is 44.9 Å². The van der Waals surface area contributed by atoms with Crippen LogP contribution in [-0.4, -0.2) is 11.2 Å². The van der Waals surface area contributed by atoms with E-state index in [2.05, 4.69) is 12.8 Å². The highest BCUT2D eigenvalue weighted by molar-refractivity contribution is 4.97. The summed E-state index contributed by atoms with van der Waals surface area (Å²) in [7, 11) is 0. The predicted octanol–water partition coefficient (Wildman–Crippen LogP) is 2.98. The van der Waals surface area contributed by atoms with Crippen molar-refractivity contribution in [2.24, 2.45) is 11.8 Å². The van der Waals surface area contributed by atoms with Gasteiger partial charge in [0, 0.05) is 0 Å². The van der Waals surface area contributed by atoms with Crippen molar-refractivity contribution in [1.82, 2.24) is 0 Å². The van der Waals surface area contributed by atoms with Gasteiger partial charge in [-0.3, -0.25) is 0 Å². The molecule has 1 aliphatic rings. The minimum Gasteiger partial charge on any atom is -0.380 e. The summed E-state index contributed by atoms with van der Waals surface area (Å²) >= 11 is 0. The van der Waals surface area contributed by atoms with Crippen molar-refractivity contribution < 1.29 is 5.11 Å². The Morgan fingerprint density at radius 2 is 2.00 bits per heavy atom. The maximum absolute atomic E-state index is 9.51. The molecule has 1 rings (SSSR count). The lowest BCUT2D eigenvalue weighted by molar-refractivity contribution is 0.115. The average molecular weight is 194 g/mol. The molecule has 80 valence electrons. The summed E-state index contributed by atoms with van der Waals surface area (Å²) < 4.78 is 0. The lowest BCUT2D eigenvalue weighted by atomic mass is 9.78. The molecule has 1 N–H and O–H groups in total. The molecule has 0 saturated heterocycles. The van der Waals surface area contributed by atoms with Gasteiger partial charge in [-0.2, -0.15) is 0 Å². The van der Waals surface area contributed by atoms with E-state index in [-0.39, 0.29) is 0 Å². The molecule has 0 heterocycles. The van der Waals surface area contributed by atoms with Crippen molar-refractivity contribution in [3.63, 3.8) is 0 Å². The molecule has 0 bridgehead atoms. The van der Waals surface area contributed by atoms with E-state index in [1.165, 1.54) is 32.1 Å². The quantitative estimate of drug-likeness (QED) is 0.682. The summed E-state index contributed by atoms with van der Waals surface area (Å²) in [5.41, 5.74) is 0. The molecule has 14 heavy (non-hydrogen) atoms. The smallest absolute Gasteiger partial charge is 0.117 e. The van der Waals surface area contributed by atoms with Gasteiger partial charge in [-0.15, -0.1) is 6.42 Å². The highest BCUT2D eigenvalue weighted by Gasteiger charge is 2.24. The van der Waals surface area contributed by atoms with Gasteiger partial charge in [0.25, 0.3) is 0 Å². The van der Waals surface area contributed by atoms with Crippen LogP contribution in [0.4, 0.5) is 0 Å². The minimum absolute atomic E-state index is 0.373. The monoisotopic (exact) mass is 194 g/mol. The van der Waals surface area contributed by atoms with Crippen LogP contribution >= 0.6 is 0 Å². The molecule has 1 aliphatic carbocycles. The zero-order valence-electron chi connectivity index (χ0n) is 9.21. The van der Waals surface area contributed by atoms with Gasteiger partial charge in [-0.25, -0.2) is 0 Å². The summed E-state index contributed by atoms with van der Waals surface area (Å²) in [6.07, 6.45) is 13.5. The topological polar surface area (TPSA) is 20.2 Å². The van der Waals surface area contributed by atoms with E-state index in [4.69, 9.17) is 6.42 Å². The Bertz CT molecular complexity index is 184. The Morgan fingerprint density at radius 3 is 2.50 bits per heavy atom. The van der Waals surface area contributed by atoms with Crippen molar-refractivity contribution >= 4 is 0 Å². The second kappa shape index (κ2) is 6.09. The van der Waals surface area contributed by atoms with Crippen LogP contribution in [0, 0.1) is 24.2 Å². The molecule has 0 spiro atoms. The van der Waals surface area contributed by atoms with Crippen molar-refractivity contribution in [3.8, 4) is 12.3 Å². The third-order valence-corrected chi connectivity index (χ3v) is 3.47. The van der Waals surface area contributed by atoms with Crippen LogP contribution in [0.3, 0.4) is 0 Å². The molecule has 1 saturated carbocycles. The van der Waals surface area contributed by atoms with E-state index < -0.39 is 6.10 Å². The van der Waals surface area contributed by atoms with E-state index in [9.17, 15) is 5.11 Å². The van der Waals surface area contributed by atoms with Crippen LogP contribution in [-0.2, 0) is 0 Å². The van der Waals surface area contributed by atoms with Crippen molar-refractivity contribution in [1.29, 1.82) is 0 Å². The Balaban J connectivity index is 2.21. The number of unbranched alkanes of at least 4 members (excludes halogenated alkanes) is 1. The molecule has 0 aromatic rings. The number of aliphatic hydroxyl groups excluding tert-OH is 1. The van der Waals surface area contributed by atoms with Gasteiger partial charge >= 0.3 is 0 Å². The molecule has 0 aromatic carbocycles. The average Bonchev–Trinajstić information content (AvgIpc) is 2.26. The van der Waals surface area contributed by atoms with Crippen LogP contribution in [0.5, 0.6) is 0 Å². The summed E-state index contributed by atoms with van der Waals surface area (Å²) in [5, 5.41) is 9.51. The van der Waals surface area contributed by atoms with Crippen LogP contribution in [0.2, 0.25) is 0 Å². The Morgan fingerprint density at radius 1 is 1.36 bits per heavy atom. The first-order chi connectivity index (χ1) is 6.77. The Kier molecular flexibility index (Phi) is 5.04. The lowest BCUT2D eigenvalue weighted by Crippen LogP contribution is -2.24. The lowest BCUT2D eigenvalue weighted by Gasteiger charge is -2.29. The molecular weight excluding hydrogens is 172 g/mol. The molecule has 1 heteroatoms. The first-order valence-corrected chi connectivity index (χ1v) is 5.92. The number of terminal acetylenes is 1. The van der Waals surface area contributed by atoms with E-state index in [0.717, 1.165) is 18.8 Å². The van der Waals surface area contributed by atoms with Crippen LogP contribution in [0.15, 0.2) is 0 Å². The molecule has 1 atom stereocenters. The van der Waals surface area contributed by atoms with Gasteiger partial charge in [-0.05, 0) is 24.7 Å². The largest absolute Gasteiger partial charge is 0.380 e. The van der Waals surface area contributed by atoms with Crippen molar-refractivity contribution in [2.75, 3.05) is 0 Å². The fourth-order valence-electron chi connectivity index (χ4n) is 2.42. The highest BCUT2D eigenvalue weighted by Crippen LogP contribution is 2.33. The van der Waals surface area contributed by atoms with Gasteiger partial charge in [0.1, 0.15) is 6.10 Å². The maximum Gasteiger partial charge on any atom is 0.117 e. The number of hydrogen-bond acceptors (Lipinski definition) is 1. The molecule has 0 amide bonds. The molecule has 1 unspecified atom stereocenters. The van der Waals surface area contributed by atoms with Crippen LogP contribution in [0.1, 0.15) is 51.9 Å². The van der Waals surface area contributed by atoms with E-state index in [1.54, 1.807) is 0 Å². The maximum atomic E-state index is 9.51.